The highest BCUT2D eigenvalue weighted by Crippen LogP contribution is 2.16. The van der Waals surface area contributed by atoms with Gasteiger partial charge in [0, 0.05) is 6.54 Å². The highest BCUT2D eigenvalue weighted by atomic mass is 35.5. The summed E-state index contributed by atoms with van der Waals surface area (Å²) in [5, 5.41) is 7.56. The van der Waals surface area contributed by atoms with Gasteiger partial charge in [-0.15, -0.1) is 5.10 Å². The summed E-state index contributed by atoms with van der Waals surface area (Å²) in [6, 6.07) is 10.1. The number of aryl methyl sites for hydroxylation is 1. The van der Waals surface area contributed by atoms with Crippen molar-refractivity contribution in [3.8, 4) is 0 Å². The largest absolute Gasteiger partial charge is 0.363 e. The highest BCUT2D eigenvalue weighted by Gasteiger charge is 2.09. The second-order valence-corrected chi connectivity index (χ2v) is 4.54. The molecule has 19 heavy (non-hydrogen) atoms. The molecule has 2 heterocycles. The predicted molar refractivity (Wildman–Crippen MR) is 74.3 cm³/mol. The van der Waals surface area contributed by atoms with E-state index in [4.69, 9.17) is 11.6 Å². The molecule has 0 saturated heterocycles. The fourth-order valence-electron chi connectivity index (χ4n) is 1.87. The average molecular weight is 274 g/mol. The minimum absolute atomic E-state index is 0.198. The van der Waals surface area contributed by atoms with Gasteiger partial charge in [0.15, 0.2) is 11.5 Å². The van der Waals surface area contributed by atoms with E-state index >= 15 is 0 Å². The van der Waals surface area contributed by atoms with Gasteiger partial charge in [0.05, 0.1) is 11.9 Å². The van der Waals surface area contributed by atoms with Crippen LogP contribution in [0.2, 0.25) is 5.28 Å². The number of hydrogen-bond donors (Lipinski definition) is 1. The van der Waals surface area contributed by atoms with Gasteiger partial charge in [-0.2, -0.15) is 4.98 Å². The number of benzene rings is 1. The number of anilines is 1. The van der Waals surface area contributed by atoms with Crippen LogP contribution < -0.4 is 5.32 Å². The third-order valence-corrected chi connectivity index (χ3v) is 2.97. The summed E-state index contributed by atoms with van der Waals surface area (Å²) in [6.07, 6.45) is 1.74. The first-order chi connectivity index (χ1) is 9.24. The molecule has 1 aromatic carbocycles. The summed E-state index contributed by atoms with van der Waals surface area (Å²) in [5.41, 5.74) is 2.76. The summed E-state index contributed by atoms with van der Waals surface area (Å²) in [6.45, 7) is 2.58. The quantitative estimate of drug-likeness (QED) is 0.797. The molecule has 0 bridgehead atoms. The molecular formula is C13H12ClN5. The normalized spacial score (nSPS) is 10.8. The Morgan fingerprint density at radius 3 is 2.84 bits per heavy atom. The Balaban J connectivity index is 1.92. The van der Waals surface area contributed by atoms with E-state index in [0.29, 0.717) is 18.0 Å². The lowest BCUT2D eigenvalue weighted by atomic mass is 10.2. The van der Waals surface area contributed by atoms with Crippen LogP contribution >= 0.6 is 11.6 Å². The van der Waals surface area contributed by atoms with E-state index in [1.165, 1.54) is 5.56 Å². The Hall–Kier alpha value is -2.14. The van der Waals surface area contributed by atoms with Gasteiger partial charge in [-0.1, -0.05) is 30.3 Å². The number of nitrogens with one attached hydrogen (secondary N) is 1. The molecule has 0 aliphatic heterocycles. The summed E-state index contributed by atoms with van der Waals surface area (Å²) >= 11 is 5.92. The molecule has 0 aliphatic rings. The molecule has 0 unspecified atom stereocenters. The van der Waals surface area contributed by atoms with Crippen LogP contribution in [0.15, 0.2) is 36.5 Å². The topological polar surface area (TPSA) is 55.1 Å². The van der Waals surface area contributed by atoms with Gasteiger partial charge in [0.25, 0.3) is 0 Å². The number of halogens is 1. The van der Waals surface area contributed by atoms with Crippen LogP contribution in [0.25, 0.3) is 5.65 Å². The van der Waals surface area contributed by atoms with Crippen LogP contribution in [-0.2, 0) is 6.54 Å². The molecule has 5 nitrogen and oxygen atoms in total. The van der Waals surface area contributed by atoms with Gasteiger partial charge in [0.1, 0.15) is 0 Å². The zero-order chi connectivity index (χ0) is 13.2. The maximum absolute atomic E-state index is 5.92. The second-order valence-electron chi connectivity index (χ2n) is 4.20. The molecule has 3 aromatic rings. The second kappa shape index (κ2) is 4.85. The number of nitrogens with zero attached hydrogens (tertiary/aromatic N) is 4. The zero-order valence-corrected chi connectivity index (χ0v) is 11.1. The third kappa shape index (κ3) is 2.37. The van der Waals surface area contributed by atoms with Gasteiger partial charge in [-0.05, 0) is 24.1 Å². The summed E-state index contributed by atoms with van der Waals surface area (Å²) in [5.74, 6) is 0.636. The first kappa shape index (κ1) is 11.9. The van der Waals surface area contributed by atoms with Crippen molar-refractivity contribution < 1.29 is 0 Å². The lowest BCUT2D eigenvalue weighted by molar-refractivity contribution is 0.867. The molecule has 0 saturated carbocycles. The van der Waals surface area contributed by atoms with E-state index in [1.807, 2.05) is 37.3 Å². The Kier molecular flexibility index (Phi) is 3.05. The first-order valence-electron chi connectivity index (χ1n) is 5.90. The lowest BCUT2D eigenvalue weighted by Crippen LogP contribution is -2.06. The molecule has 0 radical (unpaired) electrons. The standard InChI is InChI=1S/C13H12ClN5/c1-9-7-16-12-11(17-13(14)18-19(9)12)15-8-10-5-3-2-4-6-10/h2-7H,8H2,1H3,(H,15,17,18). The van der Waals surface area contributed by atoms with Gasteiger partial charge in [0.2, 0.25) is 5.28 Å². The smallest absolute Gasteiger partial charge is 0.243 e. The van der Waals surface area contributed by atoms with E-state index in [-0.39, 0.29) is 5.28 Å². The number of imidazole rings is 1. The van der Waals surface area contributed by atoms with Gasteiger partial charge in [-0.25, -0.2) is 9.50 Å². The Bertz CT molecular complexity index is 708. The maximum Gasteiger partial charge on any atom is 0.243 e. The Morgan fingerprint density at radius 2 is 2.05 bits per heavy atom. The zero-order valence-electron chi connectivity index (χ0n) is 10.3. The van der Waals surface area contributed by atoms with E-state index < -0.39 is 0 Å². The molecule has 3 rings (SSSR count). The van der Waals surface area contributed by atoms with Crippen LogP contribution in [-0.4, -0.2) is 19.6 Å². The predicted octanol–water partition coefficient (Wildman–Crippen LogP) is 2.70. The van der Waals surface area contributed by atoms with E-state index in [2.05, 4.69) is 20.4 Å². The van der Waals surface area contributed by atoms with E-state index in [1.54, 1.807) is 10.7 Å². The molecule has 96 valence electrons. The fourth-order valence-corrected chi connectivity index (χ4v) is 2.03. The Morgan fingerprint density at radius 1 is 1.26 bits per heavy atom. The number of fused-ring (bicyclic) bond motifs is 1. The highest BCUT2D eigenvalue weighted by molar-refractivity contribution is 6.28. The van der Waals surface area contributed by atoms with Crippen molar-refractivity contribution in [1.29, 1.82) is 0 Å². The summed E-state index contributed by atoms with van der Waals surface area (Å²) in [4.78, 5) is 8.48. The van der Waals surface area contributed by atoms with Gasteiger partial charge < -0.3 is 5.32 Å². The molecular weight excluding hydrogens is 262 g/mol. The number of aromatic nitrogens is 4. The maximum atomic E-state index is 5.92. The van der Waals surface area contributed by atoms with E-state index in [0.717, 1.165) is 5.69 Å². The van der Waals surface area contributed by atoms with Crippen LogP contribution in [0.5, 0.6) is 0 Å². The minimum Gasteiger partial charge on any atom is -0.363 e. The van der Waals surface area contributed by atoms with Crippen LogP contribution in [0.3, 0.4) is 0 Å². The summed E-state index contributed by atoms with van der Waals surface area (Å²) < 4.78 is 1.68. The molecule has 2 aromatic heterocycles. The molecule has 0 aliphatic carbocycles. The van der Waals surface area contributed by atoms with Crippen molar-refractivity contribution in [1.82, 2.24) is 19.6 Å². The number of rotatable bonds is 3. The molecule has 0 fully saturated rings. The van der Waals surface area contributed by atoms with Gasteiger partial charge in [-0.3, -0.25) is 0 Å². The molecule has 1 N–H and O–H groups in total. The SMILES string of the molecule is Cc1cnc2c(NCc3ccccc3)nc(Cl)nn12. The molecule has 6 heteroatoms. The lowest BCUT2D eigenvalue weighted by Gasteiger charge is -2.07. The number of hydrogen-bond acceptors (Lipinski definition) is 4. The molecule has 0 amide bonds. The first-order valence-corrected chi connectivity index (χ1v) is 6.27. The van der Waals surface area contributed by atoms with Crippen LogP contribution in [0.4, 0.5) is 5.82 Å². The monoisotopic (exact) mass is 273 g/mol. The van der Waals surface area contributed by atoms with Crippen molar-refractivity contribution >= 4 is 23.1 Å². The fraction of sp³-hybridized carbons (Fsp3) is 0.154. The van der Waals surface area contributed by atoms with Crippen LogP contribution in [0.1, 0.15) is 11.3 Å². The minimum atomic E-state index is 0.198. The van der Waals surface area contributed by atoms with Crippen LogP contribution in [0, 0.1) is 6.92 Å². The Labute approximate surface area is 115 Å². The van der Waals surface area contributed by atoms with Crippen molar-refractivity contribution in [2.45, 2.75) is 13.5 Å². The van der Waals surface area contributed by atoms with Crippen molar-refractivity contribution in [3.63, 3.8) is 0 Å². The third-order valence-electron chi connectivity index (χ3n) is 2.81. The average Bonchev–Trinajstić information content (AvgIpc) is 2.79. The molecule has 0 atom stereocenters. The molecule has 0 spiro atoms. The van der Waals surface area contributed by atoms with Crippen molar-refractivity contribution in [2.24, 2.45) is 0 Å². The van der Waals surface area contributed by atoms with Crippen molar-refractivity contribution in [3.05, 3.63) is 53.1 Å². The summed E-state index contributed by atoms with van der Waals surface area (Å²) in [7, 11) is 0. The van der Waals surface area contributed by atoms with E-state index in [9.17, 15) is 0 Å². The van der Waals surface area contributed by atoms with Gasteiger partial charge >= 0.3 is 0 Å². The van der Waals surface area contributed by atoms with Crippen molar-refractivity contribution in [2.75, 3.05) is 5.32 Å².